The summed E-state index contributed by atoms with van der Waals surface area (Å²) in [5.41, 5.74) is 0. The molecule has 1 N–H and O–H groups in total. The molecule has 26 heavy (non-hydrogen) atoms. The van der Waals surface area contributed by atoms with Crippen molar-refractivity contribution in [1.82, 2.24) is 15.1 Å². The number of nitrogens with zero attached hydrogens (tertiary/aromatic N) is 3. The van der Waals surface area contributed by atoms with E-state index < -0.39 is 0 Å². The van der Waals surface area contributed by atoms with Gasteiger partial charge in [0.15, 0.2) is 5.96 Å². The van der Waals surface area contributed by atoms with Crippen LogP contribution in [0.4, 0.5) is 0 Å². The van der Waals surface area contributed by atoms with E-state index in [-0.39, 0.29) is 24.7 Å². The fourth-order valence-corrected chi connectivity index (χ4v) is 3.13. The third-order valence-electron chi connectivity index (χ3n) is 4.80. The van der Waals surface area contributed by atoms with E-state index >= 15 is 0 Å². The van der Waals surface area contributed by atoms with Crippen molar-refractivity contribution < 1.29 is 14.3 Å². The van der Waals surface area contributed by atoms with Gasteiger partial charge in [-0.15, -0.1) is 6.58 Å². The minimum absolute atomic E-state index is 0.00592. The number of ether oxygens (including phenoxy) is 2. The second-order valence-electron chi connectivity index (χ2n) is 7.11. The molecule has 0 radical (unpaired) electrons. The Balaban J connectivity index is 1.78. The third-order valence-corrected chi connectivity index (χ3v) is 4.80. The maximum absolute atomic E-state index is 11.8. The largest absolute Gasteiger partial charge is 0.376 e. The molecule has 0 aromatic heterocycles. The molecule has 1 unspecified atom stereocenters. The van der Waals surface area contributed by atoms with Gasteiger partial charge in [0, 0.05) is 40.3 Å². The van der Waals surface area contributed by atoms with Gasteiger partial charge in [-0.25, -0.2) is 4.99 Å². The van der Waals surface area contributed by atoms with Crippen molar-refractivity contribution in [2.75, 3.05) is 53.5 Å². The zero-order chi connectivity index (χ0) is 18.8. The van der Waals surface area contributed by atoms with E-state index in [1.807, 2.05) is 0 Å². The number of nitrogens with one attached hydrogen (secondary N) is 1. The molecule has 0 bridgehead atoms. The number of piperidine rings is 1. The van der Waals surface area contributed by atoms with Crippen LogP contribution in [0.3, 0.4) is 0 Å². The highest BCUT2D eigenvalue weighted by Crippen LogP contribution is 2.18. The number of aliphatic imine (C=N–C) groups is 1. The van der Waals surface area contributed by atoms with Gasteiger partial charge in [-0.1, -0.05) is 6.08 Å². The van der Waals surface area contributed by atoms with Gasteiger partial charge in [0.25, 0.3) is 0 Å². The van der Waals surface area contributed by atoms with Crippen LogP contribution < -0.4 is 5.32 Å². The number of likely N-dealkylation sites (tertiary alicyclic amines) is 1. The summed E-state index contributed by atoms with van der Waals surface area (Å²) < 4.78 is 11.8. The number of rotatable bonds is 7. The van der Waals surface area contributed by atoms with Crippen molar-refractivity contribution in [3.05, 3.63) is 12.7 Å². The number of guanidine groups is 1. The van der Waals surface area contributed by atoms with Crippen LogP contribution in [0.25, 0.3) is 0 Å². The predicted octanol–water partition coefficient (Wildman–Crippen LogP) is 1.26. The first-order valence-electron chi connectivity index (χ1n) is 9.67. The summed E-state index contributed by atoms with van der Waals surface area (Å²) in [5, 5.41) is 3.26. The first-order chi connectivity index (χ1) is 12.6. The summed E-state index contributed by atoms with van der Waals surface area (Å²) in [6.45, 7) is 7.84. The van der Waals surface area contributed by atoms with E-state index in [0.717, 1.165) is 44.9 Å². The van der Waals surface area contributed by atoms with E-state index in [1.165, 1.54) is 12.8 Å². The lowest BCUT2D eigenvalue weighted by Crippen LogP contribution is -2.47. The van der Waals surface area contributed by atoms with Gasteiger partial charge in [-0.3, -0.25) is 4.79 Å². The summed E-state index contributed by atoms with van der Waals surface area (Å²) in [4.78, 5) is 20.0. The topological polar surface area (TPSA) is 66.4 Å². The minimum atomic E-state index is -0.00592. The molecule has 1 atom stereocenters. The van der Waals surface area contributed by atoms with Gasteiger partial charge in [0.05, 0.1) is 18.8 Å². The fraction of sp³-hybridized carbons (Fsp3) is 0.789. The minimum Gasteiger partial charge on any atom is -0.376 e. The van der Waals surface area contributed by atoms with Crippen molar-refractivity contribution >= 4 is 11.9 Å². The van der Waals surface area contributed by atoms with Gasteiger partial charge < -0.3 is 24.6 Å². The lowest BCUT2D eigenvalue weighted by atomic mass is 10.1. The monoisotopic (exact) mass is 366 g/mol. The SMILES string of the molecule is C=CCNC(=NCC(=O)N(C)C)N1CCC(OCC2CCCCO2)CC1. The average molecular weight is 367 g/mol. The Hall–Kier alpha value is -1.60. The highest BCUT2D eigenvalue weighted by atomic mass is 16.5. The molecule has 0 aromatic rings. The Morgan fingerprint density at radius 3 is 2.73 bits per heavy atom. The van der Waals surface area contributed by atoms with Crippen molar-refractivity contribution in [3.63, 3.8) is 0 Å². The van der Waals surface area contributed by atoms with Crippen molar-refractivity contribution in [2.24, 2.45) is 4.99 Å². The molecule has 0 spiro atoms. The van der Waals surface area contributed by atoms with Gasteiger partial charge in [0.2, 0.25) is 5.91 Å². The number of likely N-dealkylation sites (N-methyl/N-ethyl adjacent to an activating group) is 1. The standard InChI is InChI=1S/C19H34N4O3/c1-4-10-20-19(21-14-18(24)22(2)3)23-11-8-16(9-12-23)26-15-17-7-5-6-13-25-17/h4,16-17H,1,5-15H2,2-3H3,(H,20,21). The second-order valence-corrected chi connectivity index (χ2v) is 7.11. The Labute approximate surface area is 157 Å². The molecule has 0 saturated carbocycles. The van der Waals surface area contributed by atoms with E-state index in [1.54, 1.807) is 25.1 Å². The van der Waals surface area contributed by atoms with Gasteiger partial charge in [-0.2, -0.15) is 0 Å². The van der Waals surface area contributed by atoms with Crippen LogP contribution >= 0.6 is 0 Å². The summed E-state index contributed by atoms with van der Waals surface area (Å²) in [7, 11) is 3.49. The maximum Gasteiger partial charge on any atom is 0.243 e. The fourth-order valence-electron chi connectivity index (χ4n) is 3.13. The summed E-state index contributed by atoms with van der Waals surface area (Å²) in [6, 6.07) is 0. The molecule has 2 rings (SSSR count). The summed E-state index contributed by atoms with van der Waals surface area (Å²) >= 11 is 0. The van der Waals surface area contributed by atoms with Crippen LogP contribution in [0.1, 0.15) is 32.1 Å². The second kappa shape index (κ2) is 11.2. The molecule has 7 nitrogen and oxygen atoms in total. The van der Waals surface area contributed by atoms with E-state index in [0.29, 0.717) is 13.2 Å². The predicted molar refractivity (Wildman–Crippen MR) is 103 cm³/mol. The third kappa shape index (κ3) is 6.96. The molecule has 2 aliphatic heterocycles. The van der Waals surface area contributed by atoms with Crippen molar-refractivity contribution in [3.8, 4) is 0 Å². The molecule has 1 amide bonds. The van der Waals surface area contributed by atoms with Crippen LogP contribution in [0, 0.1) is 0 Å². The van der Waals surface area contributed by atoms with E-state index in [4.69, 9.17) is 9.47 Å². The molecule has 7 heteroatoms. The highest BCUT2D eigenvalue weighted by molar-refractivity contribution is 5.85. The molecule has 148 valence electrons. The van der Waals surface area contributed by atoms with E-state index in [2.05, 4.69) is 21.8 Å². The van der Waals surface area contributed by atoms with Crippen molar-refractivity contribution in [1.29, 1.82) is 0 Å². The summed E-state index contributed by atoms with van der Waals surface area (Å²) in [6.07, 6.45) is 7.79. The Bertz CT molecular complexity index is 467. The number of carbonyl (C=O) groups excluding carboxylic acids is 1. The van der Waals surface area contributed by atoms with Crippen LogP contribution in [0.5, 0.6) is 0 Å². The zero-order valence-electron chi connectivity index (χ0n) is 16.3. The van der Waals surface area contributed by atoms with Crippen molar-refractivity contribution in [2.45, 2.75) is 44.3 Å². The number of hydrogen-bond donors (Lipinski definition) is 1. The molecular formula is C19H34N4O3. The van der Waals surface area contributed by atoms with Crippen LogP contribution in [0.2, 0.25) is 0 Å². The average Bonchev–Trinajstić information content (AvgIpc) is 2.67. The van der Waals surface area contributed by atoms with E-state index in [9.17, 15) is 4.79 Å². The van der Waals surface area contributed by atoms with Crippen LogP contribution in [-0.4, -0.2) is 87.4 Å². The van der Waals surface area contributed by atoms with Gasteiger partial charge in [0.1, 0.15) is 6.54 Å². The lowest BCUT2D eigenvalue weighted by Gasteiger charge is -2.35. The molecule has 2 aliphatic rings. The number of hydrogen-bond acceptors (Lipinski definition) is 4. The maximum atomic E-state index is 11.8. The molecule has 2 heterocycles. The van der Waals surface area contributed by atoms with Crippen LogP contribution in [-0.2, 0) is 14.3 Å². The molecule has 2 saturated heterocycles. The van der Waals surface area contributed by atoms with Gasteiger partial charge >= 0.3 is 0 Å². The first-order valence-corrected chi connectivity index (χ1v) is 9.67. The molecule has 0 aromatic carbocycles. The van der Waals surface area contributed by atoms with Crippen LogP contribution in [0.15, 0.2) is 17.6 Å². The smallest absolute Gasteiger partial charge is 0.243 e. The quantitative estimate of drug-likeness (QED) is 0.417. The Morgan fingerprint density at radius 2 is 2.12 bits per heavy atom. The summed E-state index contributed by atoms with van der Waals surface area (Å²) in [5.74, 6) is 0.766. The number of carbonyl (C=O) groups is 1. The van der Waals surface area contributed by atoms with Gasteiger partial charge in [-0.05, 0) is 32.1 Å². The lowest BCUT2D eigenvalue weighted by molar-refractivity contribution is -0.127. The Kier molecular flexibility index (Phi) is 8.91. The molecule has 0 aliphatic carbocycles. The first kappa shape index (κ1) is 20.7. The molecule has 2 fully saturated rings. The molecular weight excluding hydrogens is 332 g/mol. The number of amides is 1. The highest BCUT2D eigenvalue weighted by Gasteiger charge is 2.24. The Morgan fingerprint density at radius 1 is 1.35 bits per heavy atom. The normalized spacial score (nSPS) is 22.2. The zero-order valence-corrected chi connectivity index (χ0v) is 16.3.